The minimum Gasteiger partial charge on any atom is -0.138 e. The van der Waals surface area contributed by atoms with E-state index in [0.29, 0.717) is 0 Å². The molecule has 0 rings (SSSR count). The van der Waals surface area contributed by atoms with Crippen LogP contribution in [0.4, 0.5) is 0 Å². The summed E-state index contributed by atoms with van der Waals surface area (Å²) in [5.74, 6) is 0. The maximum atomic E-state index is 2.18. The van der Waals surface area contributed by atoms with Gasteiger partial charge in [-0.15, -0.1) is 11.8 Å². The van der Waals surface area contributed by atoms with Crippen molar-refractivity contribution in [1.82, 2.24) is 0 Å². The largest absolute Gasteiger partial charge is 0.138 e. The van der Waals surface area contributed by atoms with Crippen molar-refractivity contribution in [3.63, 3.8) is 0 Å². The van der Waals surface area contributed by atoms with Gasteiger partial charge in [-0.05, 0) is 25.0 Å². The SMILES string of the molecule is CC/C(C)=C/SC. The standard InChI is InChI=1S/C6H12S/c1-4-6(2)5-7-3/h5H,4H2,1-3H3/b6-5+. The van der Waals surface area contributed by atoms with Gasteiger partial charge >= 0.3 is 0 Å². The van der Waals surface area contributed by atoms with Gasteiger partial charge in [0.05, 0.1) is 0 Å². The monoisotopic (exact) mass is 116 g/mol. The van der Waals surface area contributed by atoms with E-state index in [1.165, 1.54) is 12.0 Å². The fourth-order valence-corrected chi connectivity index (χ4v) is 0.854. The number of allylic oxidation sites excluding steroid dienone is 1. The average molecular weight is 116 g/mol. The third kappa shape index (κ3) is 3.93. The maximum absolute atomic E-state index is 2.18. The summed E-state index contributed by atoms with van der Waals surface area (Å²) >= 11 is 1.77. The molecule has 0 aromatic heterocycles. The molecule has 0 spiro atoms. The maximum Gasteiger partial charge on any atom is -0.0142 e. The lowest BCUT2D eigenvalue weighted by Gasteiger charge is -1.88. The lowest BCUT2D eigenvalue weighted by molar-refractivity contribution is 1.11. The van der Waals surface area contributed by atoms with Gasteiger partial charge in [0.2, 0.25) is 0 Å². The van der Waals surface area contributed by atoms with Crippen molar-refractivity contribution < 1.29 is 0 Å². The third-order valence-corrected chi connectivity index (χ3v) is 1.51. The van der Waals surface area contributed by atoms with Gasteiger partial charge in [0.25, 0.3) is 0 Å². The van der Waals surface area contributed by atoms with E-state index in [2.05, 4.69) is 25.5 Å². The Labute approximate surface area is 50.0 Å². The second-order valence-corrected chi connectivity index (χ2v) is 2.26. The highest BCUT2D eigenvalue weighted by atomic mass is 32.2. The van der Waals surface area contributed by atoms with Gasteiger partial charge in [0.1, 0.15) is 0 Å². The molecule has 42 valence electrons. The van der Waals surface area contributed by atoms with Crippen LogP contribution in [0.5, 0.6) is 0 Å². The molecule has 0 radical (unpaired) electrons. The van der Waals surface area contributed by atoms with E-state index in [9.17, 15) is 0 Å². The minimum absolute atomic E-state index is 1.18. The smallest absolute Gasteiger partial charge is 0.0142 e. The lowest BCUT2D eigenvalue weighted by Crippen LogP contribution is -1.64. The summed E-state index contributed by atoms with van der Waals surface area (Å²) in [5, 5.41) is 2.18. The van der Waals surface area contributed by atoms with Crippen LogP contribution in [0.2, 0.25) is 0 Å². The zero-order chi connectivity index (χ0) is 5.70. The molecule has 0 aliphatic rings. The zero-order valence-electron chi connectivity index (χ0n) is 5.19. The fourth-order valence-electron chi connectivity index (χ4n) is 0.285. The zero-order valence-corrected chi connectivity index (χ0v) is 6.01. The Kier molecular flexibility index (Phi) is 4.31. The van der Waals surface area contributed by atoms with Gasteiger partial charge in [-0.1, -0.05) is 12.5 Å². The lowest BCUT2D eigenvalue weighted by atomic mass is 10.3. The van der Waals surface area contributed by atoms with Crippen LogP contribution in [0.1, 0.15) is 20.3 Å². The molecule has 0 aliphatic carbocycles. The van der Waals surface area contributed by atoms with Crippen LogP contribution in [0.25, 0.3) is 0 Å². The van der Waals surface area contributed by atoms with Crippen LogP contribution < -0.4 is 0 Å². The summed E-state index contributed by atoms with van der Waals surface area (Å²) in [4.78, 5) is 0. The number of rotatable bonds is 2. The van der Waals surface area contributed by atoms with E-state index in [4.69, 9.17) is 0 Å². The normalized spacial score (nSPS) is 12.1. The molecule has 0 aliphatic heterocycles. The van der Waals surface area contributed by atoms with Crippen molar-refractivity contribution in [2.24, 2.45) is 0 Å². The minimum atomic E-state index is 1.18. The highest BCUT2D eigenvalue weighted by Crippen LogP contribution is 2.04. The number of hydrogen-bond acceptors (Lipinski definition) is 1. The fraction of sp³-hybridized carbons (Fsp3) is 0.667. The molecule has 0 fully saturated rings. The molecular weight excluding hydrogens is 104 g/mol. The average Bonchev–Trinajstić information content (AvgIpc) is 1.68. The Morgan fingerprint density at radius 1 is 1.71 bits per heavy atom. The molecule has 0 aromatic rings. The van der Waals surface area contributed by atoms with E-state index in [-0.39, 0.29) is 0 Å². The van der Waals surface area contributed by atoms with Crippen LogP contribution in [0.15, 0.2) is 11.0 Å². The quantitative estimate of drug-likeness (QED) is 0.534. The van der Waals surface area contributed by atoms with Crippen molar-refractivity contribution in [3.05, 3.63) is 11.0 Å². The van der Waals surface area contributed by atoms with E-state index in [1.54, 1.807) is 11.8 Å². The molecule has 0 amide bonds. The molecule has 0 N–H and O–H groups in total. The van der Waals surface area contributed by atoms with Crippen molar-refractivity contribution >= 4 is 11.8 Å². The van der Waals surface area contributed by atoms with Crippen LogP contribution in [-0.4, -0.2) is 6.26 Å². The first-order valence-electron chi connectivity index (χ1n) is 2.49. The van der Waals surface area contributed by atoms with Gasteiger partial charge in [0.15, 0.2) is 0 Å². The summed E-state index contributed by atoms with van der Waals surface area (Å²) in [6.45, 7) is 4.32. The van der Waals surface area contributed by atoms with Gasteiger partial charge in [-0.2, -0.15) is 0 Å². The van der Waals surface area contributed by atoms with Crippen molar-refractivity contribution in [1.29, 1.82) is 0 Å². The van der Waals surface area contributed by atoms with Gasteiger partial charge in [-0.3, -0.25) is 0 Å². The predicted octanol–water partition coefficient (Wildman–Crippen LogP) is 2.66. The molecule has 0 saturated heterocycles. The molecule has 0 saturated carbocycles. The predicted molar refractivity (Wildman–Crippen MR) is 37.6 cm³/mol. The number of hydrogen-bond donors (Lipinski definition) is 0. The van der Waals surface area contributed by atoms with Crippen LogP contribution in [-0.2, 0) is 0 Å². The highest BCUT2D eigenvalue weighted by Gasteiger charge is 1.77. The summed E-state index contributed by atoms with van der Waals surface area (Å²) in [6.07, 6.45) is 3.26. The van der Waals surface area contributed by atoms with Gasteiger partial charge in [0, 0.05) is 0 Å². The molecule has 0 nitrogen and oxygen atoms in total. The summed E-state index contributed by atoms with van der Waals surface area (Å²) in [7, 11) is 0. The Hall–Kier alpha value is 0.0900. The van der Waals surface area contributed by atoms with E-state index < -0.39 is 0 Å². The molecule has 0 bridgehead atoms. The first kappa shape index (κ1) is 7.09. The van der Waals surface area contributed by atoms with Crippen LogP contribution >= 0.6 is 11.8 Å². The second-order valence-electron chi connectivity index (χ2n) is 1.55. The van der Waals surface area contributed by atoms with Crippen molar-refractivity contribution in [2.75, 3.05) is 6.26 Å². The molecule has 1 heteroatoms. The number of thioether (sulfide) groups is 1. The van der Waals surface area contributed by atoms with Crippen molar-refractivity contribution in [2.45, 2.75) is 20.3 Å². The molecule has 0 atom stereocenters. The van der Waals surface area contributed by atoms with Crippen molar-refractivity contribution in [3.8, 4) is 0 Å². The first-order chi connectivity index (χ1) is 3.31. The van der Waals surface area contributed by atoms with Gasteiger partial charge in [-0.25, -0.2) is 0 Å². The molecule has 0 unspecified atom stereocenters. The Bertz CT molecular complexity index is 64.6. The van der Waals surface area contributed by atoms with E-state index in [0.717, 1.165) is 0 Å². The second kappa shape index (κ2) is 4.25. The van der Waals surface area contributed by atoms with E-state index in [1.807, 2.05) is 0 Å². The highest BCUT2D eigenvalue weighted by molar-refractivity contribution is 8.01. The molecular formula is C6H12S. The summed E-state index contributed by atoms with van der Waals surface area (Å²) < 4.78 is 0. The molecule has 7 heavy (non-hydrogen) atoms. The first-order valence-corrected chi connectivity index (χ1v) is 3.78. The molecule has 0 aromatic carbocycles. The Morgan fingerprint density at radius 2 is 2.29 bits per heavy atom. The topological polar surface area (TPSA) is 0 Å². The third-order valence-electron chi connectivity index (χ3n) is 0.877. The Morgan fingerprint density at radius 3 is 2.43 bits per heavy atom. The van der Waals surface area contributed by atoms with Crippen LogP contribution in [0, 0.1) is 0 Å². The Balaban J connectivity index is 3.29. The summed E-state index contributed by atoms with van der Waals surface area (Å²) in [6, 6.07) is 0. The van der Waals surface area contributed by atoms with Crippen LogP contribution in [0.3, 0.4) is 0 Å². The van der Waals surface area contributed by atoms with E-state index >= 15 is 0 Å². The van der Waals surface area contributed by atoms with Gasteiger partial charge < -0.3 is 0 Å². The summed E-state index contributed by atoms with van der Waals surface area (Å²) in [5.41, 5.74) is 1.47. The molecule has 0 heterocycles.